The molecule has 27 heavy (non-hydrogen) atoms. The van der Waals surface area contributed by atoms with E-state index in [1.807, 2.05) is 6.92 Å². The minimum absolute atomic E-state index is 0.0462. The Kier molecular flexibility index (Phi) is 6.65. The van der Waals surface area contributed by atoms with Gasteiger partial charge in [0.2, 0.25) is 5.75 Å². The zero-order valence-electron chi connectivity index (χ0n) is 15.5. The monoisotopic (exact) mass is 394 g/mol. The second-order valence-electron chi connectivity index (χ2n) is 5.47. The maximum absolute atomic E-state index is 12.4. The van der Waals surface area contributed by atoms with Crippen molar-refractivity contribution in [3.05, 3.63) is 47.5 Å². The number of carbonyl (C=O) groups excluding carboxylic acids is 1. The van der Waals surface area contributed by atoms with E-state index >= 15 is 0 Å². The molecule has 2 N–H and O–H groups in total. The van der Waals surface area contributed by atoms with Gasteiger partial charge in [0.25, 0.3) is 15.9 Å². The van der Waals surface area contributed by atoms with Crippen molar-refractivity contribution in [2.24, 2.45) is 0 Å². The Hall–Kier alpha value is -2.78. The van der Waals surface area contributed by atoms with E-state index in [9.17, 15) is 13.2 Å². The van der Waals surface area contributed by atoms with E-state index in [0.717, 1.165) is 12.0 Å². The number of aryl methyl sites for hydroxylation is 1. The maximum Gasteiger partial charge on any atom is 0.266 e. The van der Waals surface area contributed by atoms with Crippen LogP contribution in [0.5, 0.6) is 17.2 Å². The Balaban J connectivity index is 2.19. The summed E-state index contributed by atoms with van der Waals surface area (Å²) >= 11 is 0. The summed E-state index contributed by atoms with van der Waals surface area (Å²) in [7, 11) is 0.377. The number of rotatable bonds is 8. The number of hydrazine groups is 1. The average molecular weight is 394 g/mol. The molecule has 9 heteroatoms. The van der Waals surface area contributed by atoms with Gasteiger partial charge < -0.3 is 14.2 Å². The number of benzene rings is 2. The van der Waals surface area contributed by atoms with Crippen molar-refractivity contribution in [1.82, 2.24) is 10.3 Å². The van der Waals surface area contributed by atoms with Crippen LogP contribution in [-0.2, 0) is 16.4 Å². The first-order chi connectivity index (χ1) is 12.9. The Morgan fingerprint density at radius 2 is 1.52 bits per heavy atom. The quantitative estimate of drug-likeness (QED) is 0.663. The van der Waals surface area contributed by atoms with Gasteiger partial charge in [-0.2, -0.15) is 0 Å². The first-order valence-corrected chi connectivity index (χ1v) is 9.55. The summed E-state index contributed by atoms with van der Waals surface area (Å²) in [5.41, 5.74) is 3.32. The molecule has 0 fully saturated rings. The van der Waals surface area contributed by atoms with Crippen molar-refractivity contribution in [1.29, 1.82) is 0 Å². The van der Waals surface area contributed by atoms with Crippen molar-refractivity contribution in [2.75, 3.05) is 21.3 Å². The fraction of sp³-hybridized carbons (Fsp3) is 0.278. The summed E-state index contributed by atoms with van der Waals surface area (Å²) in [6.07, 6.45) is 0.797. The molecule has 146 valence electrons. The van der Waals surface area contributed by atoms with Gasteiger partial charge in [-0.1, -0.05) is 19.1 Å². The van der Waals surface area contributed by atoms with Gasteiger partial charge in [-0.3, -0.25) is 10.2 Å². The Bertz CT molecular complexity index is 885. The Morgan fingerprint density at radius 1 is 0.963 bits per heavy atom. The summed E-state index contributed by atoms with van der Waals surface area (Å²) in [4.78, 5) is 14.5. The average Bonchev–Trinajstić information content (AvgIpc) is 2.70. The number of hydrogen-bond acceptors (Lipinski definition) is 6. The first kappa shape index (κ1) is 20.5. The molecule has 0 aromatic heterocycles. The van der Waals surface area contributed by atoms with Gasteiger partial charge in [-0.05, 0) is 36.2 Å². The lowest BCUT2D eigenvalue weighted by Crippen LogP contribution is -2.41. The standard InChI is InChI=1S/C18H22N2O6S/c1-5-12-6-8-14(9-7-12)27(22,23)20-19-18(21)13-10-15(24-2)17(26-4)16(11-13)25-3/h6-11,20H,5H2,1-4H3,(H,19,21). The van der Waals surface area contributed by atoms with Gasteiger partial charge in [0.1, 0.15) is 0 Å². The van der Waals surface area contributed by atoms with Gasteiger partial charge in [-0.15, -0.1) is 4.83 Å². The van der Waals surface area contributed by atoms with Crippen LogP contribution < -0.4 is 24.5 Å². The number of hydrogen-bond donors (Lipinski definition) is 2. The molecule has 0 bridgehead atoms. The molecule has 0 radical (unpaired) electrons. The minimum Gasteiger partial charge on any atom is -0.493 e. The van der Waals surface area contributed by atoms with Crippen molar-refractivity contribution in [3.8, 4) is 17.2 Å². The molecule has 1 amide bonds. The van der Waals surface area contributed by atoms with E-state index < -0.39 is 15.9 Å². The third-order valence-corrected chi connectivity index (χ3v) is 5.13. The number of methoxy groups -OCH3 is 3. The maximum atomic E-state index is 12.4. The normalized spacial score (nSPS) is 11.0. The molecule has 0 atom stereocenters. The van der Waals surface area contributed by atoms with Gasteiger partial charge in [0.05, 0.1) is 26.2 Å². The molecule has 2 rings (SSSR count). The predicted molar refractivity (Wildman–Crippen MR) is 99.7 cm³/mol. The highest BCUT2D eigenvalue weighted by molar-refractivity contribution is 7.89. The number of ether oxygens (including phenoxy) is 3. The topological polar surface area (TPSA) is 103 Å². The number of sulfonamides is 1. The van der Waals surface area contributed by atoms with Crippen molar-refractivity contribution in [3.63, 3.8) is 0 Å². The lowest BCUT2D eigenvalue weighted by Gasteiger charge is -2.14. The summed E-state index contributed by atoms with van der Waals surface area (Å²) in [6, 6.07) is 9.23. The molecule has 0 aliphatic heterocycles. The van der Waals surface area contributed by atoms with E-state index in [2.05, 4.69) is 10.3 Å². The first-order valence-electron chi connectivity index (χ1n) is 8.07. The van der Waals surface area contributed by atoms with E-state index in [1.54, 1.807) is 12.1 Å². The number of amides is 1. The third-order valence-electron chi connectivity index (χ3n) is 3.87. The van der Waals surface area contributed by atoms with Crippen LogP contribution in [0.2, 0.25) is 0 Å². The van der Waals surface area contributed by atoms with E-state index in [1.165, 1.54) is 45.6 Å². The summed E-state index contributed by atoms with van der Waals surface area (Å²) in [5, 5.41) is 0. The van der Waals surface area contributed by atoms with E-state index in [0.29, 0.717) is 5.75 Å². The minimum atomic E-state index is -3.90. The predicted octanol–water partition coefficient (Wildman–Crippen LogP) is 1.90. The van der Waals surface area contributed by atoms with Crippen LogP contribution in [0, 0.1) is 0 Å². The van der Waals surface area contributed by atoms with Crippen LogP contribution in [-0.4, -0.2) is 35.7 Å². The zero-order chi connectivity index (χ0) is 20.0. The second-order valence-corrected chi connectivity index (χ2v) is 7.15. The van der Waals surface area contributed by atoms with Gasteiger partial charge >= 0.3 is 0 Å². The smallest absolute Gasteiger partial charge is 0.266 e. The number of carbonyl (C=O) groups is 1. The van der Waals surface area contributed by atoms with E-state index in [4.69, 9.17) is 14.2 Å². The lowest BCUT2D eigenvalue weighted by atomic mass is 10.1. The third kappa shape index (κ3) is 4.69. The van der Waals surface area contributed by atoms with Gasteiger partial charge in [0.15, 0.2) is 11.5 Å². The van der Waals surface area contributed by atoms with Crippen LogP contribution in [0.25, 0.3) is 0 Å². The van der Waals surface area contributed by atoms with Crippen LogP contribution >= 0.6 is 0 Å². The van der Waals surface area contributed by atoms with Crippen LogP contribution in [0.1, 0.15) is 22.8 Å². The van der Waals surface area contributed by atoms with Gasteiger partial charge in [0, 0.05) is 5.56 Å². The highest BCUT2D eigenvalue weighted by Gasteiger charge is 2.19. The molecule has 0 unspecified atom stereocenters. The van der Waals surface area contributed by atoms with E-state index in [-0.39, 0.29) is 22.0 Å². The van der Waals surface area contributed by atoms with Crippen molar-refractivity contribution < 1.29 is 27.4 Å². The SMILES string of the molecule is CCc1ccc(S(=O)(=O)NNC(=O)c2cc(OC)c(OC)c(OC)c2)cc1. The van der Waals surface area contributed by atoms with Crippen LogP contribution in [0.15, 0.2) is 41.3 Å². The molecular weight excluding hydrogens is 372 g/mol. The molecule has 0 saturated heterocycles. The summed E-state index contributed by atoms with van der Waals surface area (Å²) in [5.74, 6) is 0.205. The van der Waals surface area contributed by atoms with Crippen LogP contribution in [0.3, 0.4) is 0 Å². The molecular formula is C18H22N2O6S. The molecule has 0 aliphatic carbocycles. The highest BCUT2D eigenvalue weighted by Crippen LogP contribution is 2.38. The Morgan fingerprint density at radius 3 is 1.96 bits per heavy atom. The highest BCUT2D eigenvalue weighted by atomic mass is 32.2. The molecule has 0 aliphatic rings. The Labute approximate surface area is 158 Å². The summed E-state index contributed by atoms with van der Waals surface area (Å²) < 4.78 is 40.2. The lowest BCUT2D eigenvalue weighted by molar-refractivity contribution is 0.0944. The van der Waals surface area contributed by atoms with Crippen LogP contribution in [0.4, 0.5) is 0 Å². The second kappa shape index (κ2) is 8.74. The molecule has 0 heterocycles. The molecule has 8 nitrogen and oxygen atoms in total. The largest absolute Gasteiger partial charge is 0.493 e. The zero-order valence-corrected chi connectivity index (χ0v) is 16.3. The van der Waals surface area contributed by atoms with Crippen molar-refractivity contribution in [2.45, 2.75) is 18.2 Å². The molecule has 0 saturated carbocycles. The number of nitrogens with one attached hydrogen (secondary N) is 2. The molecule has 2 aromatic rings. The molecule has 2 aromatic carbocycles. The fourth-order valence-electron chi connectivity index (χ4n) is 2.36. The molecule has 0 spiro atoms. The fourth-order valence-corrected chi connectivity index (χ4v) is 3.20. The van der Waals surface area contributed by atoms with Crippen molar-refractivity contribution >= 4 is 15.9 Å². The van der Waals surface area contributed by atoms with Gasteiger partial charge in [-0.25, -0.2) is 8.42 Å². The summed E-state index contributed by atoms with van der Waals surface area (Å²) in [6.45, 7) is 1.97.